The zero-order chi connectivity index (χ0) is 18.1. The second-order valence-corrected chi connectivity index (χ2v) is 5.38. The predicted molar refractivity (Wildman–Crippen MR) is 91.2 cm³/mol. The highest BCUT2D eigenvalue weighted by Crippen LogP contribution is 2.13. The van der Waals surface area contributed by atoms with Crippen LogP contribution in [0.15, 0.2) is 48.5 Å². The largest absolute Gasteiger partial charge is 0.464 e. The molecule has 1 unspecified atom stereocenters. The van der Waals surface area contributed by atoms with E-state index < -0.39 is 12.1 Å². The molecule has 1 atom stereocenters. The Morgan fingerprint density at radius 1 is 1.04 bits per heavy atom. The lowest BCUT2D eigenvalue weighted by molar-refractivity contribution is -0.157. The fourth-order valence-corrected chi connectivity index (χ4v) is 2.30. The Hall–Kier alpha value is -3.15. The van der Waals surface area contributed by atoms with Crippen LogP contribution in [0.25, 0.3) is 0 Å². The number of ether oxygens (including phenoxy) is 2. The molecule has 0 N–H and O–H groups in total. The van der Waals surface area contributed by atoms with E-state index in [9.17, 15) is 4.79 Å². The maximum atomic E-state index is 12.2. The van der Waals surface area contributed by atoms with Gasteiger partial charge in [-0.25, -0.2) is 4.79 Å². The van der Waals surface area contributed by atoms with Crippen molar-refractivity contribution in [1.82, 2.24) is 0 Å². The van der Waals surface area contributed by atoms with Crippen LogP contribution < -0.4 is 0 Å². The lowest BCUT2D eigenvalue weighted by atomic mass is 10.1. The van der Waals surface area contributed by atoms with Crippen molar-refractivity contribution in [3.8, 4) is 12.1 Å². The molecule has 0 saturated carbocycles. The summed E-state index contributed by atoms with van der Waals surface area (Å²) in [4.78, 5) is 12.2. The summed E-state index contributed by atoms with van der Waals surface area (Å²) in [6.07, 6.45) is -0.436. The molecule has 2 aromatic carbocycles. The normalized spacial score (nSPS) is 11.2. The minimum absolute atomic E-state index is 0.229. The lowest BCUT2D eigenvalue weighted by Gasteiger charge is -2.17. The SMILES string of the molecule is CCOC(=O)C(Cc1cccc(C#N)c1)OCc1ccc(C#N)cc1. The first-order chi connectivity index (χ1) is 12.2. The Labute approximate surface area is 147 Å². The molecule has 0 heterocycles. The van der Waals surface area contributed by atoms with E-state index in [0.717, 1.165) is 11.1 Å². The van der Waals surface area contributed by atoms with Gasteiger partial charge in [0.05, 0.1) is 36.5 Å². The topological polar surface area (TPSA) is 83.1 Å². The van der Waals surface area contributed by atoms with Crippen molar-refractivity contribution in [1.29, 1.82) is 10.5 Å². The highest BCUT2D eigenvalue weighted by atomic mass is 16.6. The smallest absolute Gasteiger partial charge is 0.335 e. The van der Waals surface area contributed by atoms with Gasteiger partial charge in [0.15, 0.2) is 6.10 Å². The number of carbonyl (C=O) groups is 1. The number of benzene rings is 2. The second-order valence-electron chi connectivity index (χ2n) is 5.38. The number of carbonyl (C=O) groups excluding carboxylic acids is 1. The van der Waals surface area contributed by atoms with Gasteiger partial charge in [0.25, 0.3) is 0 Å². The van der Waals surface area contributed by atoms with Gasteiger partial charge < -0.3 is 9.47 Å². The summed E-state index contributed by atoms with van der Waals surface area (Å²) in [5.41, 5.74) is 2.79. The molecule has 5 heteroatoms. The zero-order valence-corrected chi connectivity index (χ0v) is 13.9. The van der Waals surface area contributed by atoms with Gasteiger partial charge in [-0.15, -0.1) is 0 Å². The minimum Gasteiger partial charge on any atom is -0.464 e. The van der Waals surface area contributed by atoms with Crippen molar-refractivity contribution in [3.05, 3.63) is 70.8 Å². The standard InChI is InChI=1S/C20H18N2O3/c1-2-24-20(23)19(11-17-4-3-5-18(10-17)13-22)25-14-16-8-6-15(12-21)7-9-16/h3-10,19H,2,11,14H2,1H3. The number of hydrogen-bond acceptors (Lipinski definition) is 5. The summed E-state index contributed by atoms with van der Waals surface area (Å²) in [6.45, 7) is 2.24. The number of rotatable bonds is 7. The monoisotopic (exact) mass is 334 g/mol. The molecule has 126 valence electrons. The highest BCUT2D eigenvalue weighted by Gasteiger charge is 2.21. The summed E-state index contributed by atoms with van der Waals surface area (Å²) in [5.74, 6) is -0.432. The molecule has 0 spiro atoms. The number of esters is 1. The summed E-state index contributed by atoms with van der Waals surface area (Å²) in [7, 11) is 0. The number of nitrogens with zero attached hydrogens (tertiary/aromatic N) is 2. The third-order valence-corrected chi connectivity index (χ3v) is 3.56. The third-order valence-electron chi connectivity index (χ3n) is 3.56. The average molecular weight is 334 g/mol. The van der Waals surface area contributed by atoms with Crippen LogP contribution in [0.4, 0.5) is 0 Å². The molecule has 0 bridgehead atoms. The Bertz CT molecular complexity index is 801. The maximum Gasteiger partial charge on any atom is 0.335 e. The van der Waals surface area contributed by atoms with Gasteiger partial charge in [-0.05, 0) is 42.3 Å². The molecule has 0 aliphatic rings. The first-order valence-electron chi connectivity index (χ1n) is 7.92. The van der Waals surface area contributed by atoms with E-state index in [-0.39, 0.29) is 13.2 Å². The van der Waals surface area contributed by atoms with Gasteiger partial charge in [0, 0.05) is 6.42 Å². The fraction of sp³-hybridized carbons (Fsp3) is 0.250. The molecule has 5 nitrogen and oxygen atoms in total. The van der Waals surface area contributed by atoms with Crippen LogP contribution in [0.5, 0.6) is 0 Å². The van der Waals surface area contributed by atoms with Crippen molar-refractivity contribution in [2.24, 2.45) is 0 Å². The fourth-order valence-electron chi connectivity index (χ4n) is 2.30. The van der Waals surface area contributed by atoms with Crippen LogP contribution in [-0.4, -0.2) is 18.7 Å². The van der Waals surface area contributed by atoms with Crippen LogP contribution in [0.3, 0.4) is 0 Å². The van der Waals surface area contributed by atoms with Gasteiger partial charge in [-0.2, -0.15) is 10.5 Å². The summed E-state index contributed by atoms with van der Waals surface area (Å²) >= 11 is 0. The Balaban J connectivity index is 2.08. The number of nitriles is 2. The molecular formula is C20H18N2O3. The maximum absolute atomic E-state index is 12.2. The summed E-state index contributed by atoms with van der Waals surface area (Å²) < 4.78 is 10.8. The highest BCUT2D eigenvalue weighted by molar-refractivity contribution is 5.75. The van der Waals surface area contributed by atoms with Crippen molar-refractivity contribution >= 4 is 5.97 Å². The Morgan fingerprint density at radius 3 is 2.40 bits per heavy atom. The van der Waals surface area contributed by atoms with E-state index in [1.807, 2.05) is 6.07 Å². The van der Waals surface area contributed by atoms with E-state index in [0.29, 0.717) is 17.5 Å². The van der Waals surface area contributed by atoms with Crippen LogP contribution >= 0.6 is 0 Å². The minimum atomic E-state index is -0.760. The first kappa shape index (κ1) is 18.2. The van der Waals surface area contributed by atoms with Gasteiger partial charge in [-0.3, -0.25) is 0 Å². The molecule has 0 fully saturated rings. The first-order valence-corrected chi connectivity index (χ1v) is 7.92. The average Bonchev–Trinajstić information content (AvgIpc) is 2.65. The lowest BCUT2D eigenvalue weighted by Crippen LogP contribution is -2.29. The number of hydrogen-bond donors (Lipinski definition) is 0. The summed E-state index contributed by atoms with van der Waals surface area (Å²) in [5, 5.41) is 17.8. The molecule has 0 aliphatic heterocycles. The van der Waals surface area contributed by atoms with Gasteiger partial charge in [0.1, 0.15) is 0 Å². The van der Waals surface area contributed by atoms with E-state index in [4.69, 9.17) is 20.0 Å². The molecule has 0 aliphatic carbocycles. The van der Waals surface area contributed by atoms with E-state index >= 15 is 0 Å². The molecule has 25 heavy (non-hydrogen) atoms. The third kappa shape index (κ3) is 5.46. The van der Waals surface area contributed by atoms with Crippen molar-refractivity contribution in [3.63, 3.8) is 0 Å². The molecular weight excluding hydrogens is 316 g/mol. The van der Waals surface area contributed by atoms with E-state index in [1.165, 1.54) is 0 Å². The summed E-state index contributed by atoms with van der Waals surface area (Å²) in [6, 6.07) is 18.2. The van der Waals surface area contributed by atoms with Crippen molar-refractivity contribution in [2.75, 3.05) is 6.61 Å². The van der Waals surface area contributed by atoms with Crippen molar-refractivity contribution in [2.45, 2.75) is 26.1 Å². The molecule has 0 radical (unpaired) electrons. The van der Waals surface area contributed by atoms with Gasteiger partial charge >= 0.3 is 5.97 Å². The van der Waals surface area contributed by atoms with E-state index in [1.54, 1.807) is 49.4 Å². The van der Waals surface area contributed by atoms with Gasteiger partial charge in [0.2, 0.25) is 0 Å². The Morgan fingerprint density at radius 2 is 1.76 bits per heavy atom. The molecule has 2 rings (SSSR count). The van der Waals surface area contributed by atoms with Crippen molar-refractivity contribution < 1.29 is 14.3 Å². The molecule has 2 aromatic rings. The predicted octanol–water partition coefficient (Wildman–Crippen LogP) is 3.12. The van der Waals surface area contributed by atoms with Crippen LogP contribution in [0.2, 0.25) is 0 Å². The van der Waals surface area contributed by atoms with Crippen LogP contribution in [-0.2, 0) is 27.3 Å². The second kappa shape index (κ2) is 9.22. The molecule has 0 saturated heterocycles. The van der Waals surface area contributed by atoms with E-state index in [2.05, 4.69) is 12.1 Å². The molecule has 0 aromatic heterocycles. The van der Waals surface area contributed by atoms with Crippen LogP contribution in [0.1, 0.15) is 29.2 Å². The quantitative estimate of drug-likeness (QED) is 0.727. The van der Waals surface area contributed by atoms with Gasteiger partial charge in [-0.1, -0.05) is 24.3 Å². The molecule has 0 amide bonds. The Kier molecular flexibility index (Phi) is 6.71. The zero-order valence-electron chi connectivity index (χ0n) is 13.9. The van der Waals surface area contributed by atoms with Crippen LogP contribution in [0, 0.1) is 22.7 Å².